The van der Waals surface area contributed by atoms with Crippen molar-refractivity contribution in [3.8, 4) is 0 Å². The molecule has 0 aromatic carbocycles. The maximum absolute atomic E-state index is 11.5. The molecule has 1 amide bonds. The molecule has 0 saturated carbocycles. The minimum Gasteiger partial charge on any atom is -0.391 e. The van der Waals surface area contributed by atoms with Crippen LogP contribution in [-0.4, -0.2) is 41.1 Å². The van der Waals surface area contributed by atoms with Crippen molar-refractivity contribution >= 4 is 5.91 Å². The molecule has 0 aliphatic carbocycles. The van der Waals surface area contributed by atoms with E-state index in [-0.39, 0.29) is 5.91 Å². The third-order valence-electron chi connectivity index (χ3n) is 1.99. The fourth-order valence-electron chi connectivity index (χ4n) is 1.11. The van der Waals surface area contributed by atoms with Crippen LogP contribution in [0.15, 0.2) is 0 Å². The second kappa shape index (κ2) is 5.94. The van der Waals surface area contributed by atoms with Crippen LogP contribution in [0.2, 0.25) is 0 Å². The van der Waals surface area contributed by atoms with Crippen molar-refractivity contribution in [3.05, 3.63) is 0 Å². The molecule has 78 valence electrons. The minimum absolute atomic E-state index is 0.167. The van der Waals surface area contributed by atoms with E-state index in [2.05, 4.69) is 0 Å². The normalized spacial score (nSPS) is 15.2. The highest BCUT2D eigenvalue weighted by Gasteiger charge is 2.22. The number of rotatable bonds is 5. The molecule has 0 radical (unpaired) electrons. The van der Waals surface area contributed by atoms with Gasteiger partial charge in [-0.15, -0.1) is 0 Å². The molecule has 0 aromatic rings. The van der Waals surface area contributed by atoms with Gasteiger partial charge in [-0.2, -0.15) is 0 Å². The molecule has 0 saturated heterocycles. The summed E-state index contributed by atoms with van der Waals surface area (Å²) in [6.07, 6.45) is 0.130. The Hall–Kier alpha value is -0.610. The Morgan fingerprint density at radius 2 is 2.08 bits per heavy atom. The first-order chi connectivity index (χ1) is 6.04. The molecule has 0 aliphatic heterocycles. The number of hydrogen-bond donors (Lipinski definition) is 2. The quantitative estimate of drug-likeness (QED) is 0.636. The Bertz CT molecular complexity index is 160. The molecular formula is C9H20N2O2. The summed E-state index contributed by atoms with van der Waals surface area (Å²) < 4.78 is 0. The lowest BCUT2D eigenvalue weighted by atomic mass is 10.1. The maximum atomic E-state index is 11.5. The van der Waals surface area contributed by atoms with Crippen LogP contribution in [0.25, 0.3) is 0 Å². The number of nitrogens with two attached hydrogens (primary N) is 1. The van der Waals surface area contributed by atoms with E-state index in [1.165, 1.54) is 6.92 Å². The zero-order valence-electron chi connectivity index (χ0n) is 8.66. The molecule has 0 heterocycles. The number of likely N-dealkylation sites (N-methyl/N-ethyl adjacent to an activating group) is 1. The van der Waals surface area contributed by atoms with E-state index in [0.717, 1.165) is 6.42 Å². The van der Waals surface area contributed by atoms with Gasteiger partial charge in [0.2, 0.25) is 5.91 Å². The first kappa shape index (κ1) is 12.4. The van der Waals surface area contributed by atoms with Gasteiger partial charge in [-0.05, 0) is 20.3 Å². The summed E-state index contributed by atoms with van der Waals surface area (Å²) in [6, 6.07) is -0.786. The van der Waals surface area contributed by atoms with E-state index in [4.69, 9.17) is 10.8 Å². The zero-order valence-corrected chi connectivity index (χ0v) is 8.66. The number of hydrogen-bond acceptors (Lipinski definition) is 3. The van der Waals surface area contributed by atoms with Crippen molar-refractivity contribution in [2.24, 2.45) is 5.73 Å². The van der Waals surface area contributed by atoms with Crippen molar-refractivity contribution in [2.75, 3.05) is 13.1 Å². The first-order valence-electron chi connectivity index (χ1n) is 4.77. The largest absolute Gasteiger partial charge is 0.391 e. The minimum atomic E-state index is -0.786. The molecule has 0 bridgehead atoms. The van der Waals surface area contributed by atoms with E-state index in [1.807, 2.05) is 13.8 Å². The Morgan fingerprint density at radius 3 is 2.38 bits per heavy atom. The average molecular weight is 188 g/mol. The van der Waals surface area contributed by atoms with Gasteiger partial charge in [0, 0.05) is 13.1 Å². The molecule has 0 fully saturated rings. The Labute approximate surface area is 79.7 Å². The van der Waals surface area contributed by atoms with Gasteiger partial charge in [-0.25, -0.2) is 0 Å². The predicted molar refractivity (Wildman–Crippen MR) is 52.2 cm³/mol. The van der Waals surface area contributed by atoms with Gasteiger partial charge in [0.15, 0.2) is 0 Å². The maximum Gasteiger partial charge on any atom is 0.242 e. The molecule has 0 aromatic heterocycles. The van der Waals surface area contributed by atoms with Crippen molar-refractivity contribution in [1.82, 2.24) is 4.90 Å². The second-order valence-electron chi connectivity index (χ2n) is 3.18. The highest BCUT2D eigenvalue weighted by atomic mass is 16.3. The lowest BCUT2D eigenvalue weighted by Gasteiger charge is -2.24. The summed E-state index contributed by atoms with van der Waals surface area (Å²) in [5, 5.41) is 9.13. The molecule has 0 aliphatic rings. The number of aliphatic hydroxyl groups is 1. The van der Waals surface area contributed by atoms with Crippen molar-refractivity contribution in [1.29, 1.82) is 0 Å². The lowest BCUT2D eigenvalue weighted by Crippen LogP contribution is -2.49. The monoisotopic (exact) mass is 188 g/mol. The van der Waals surface area contributed by atoms with Gasteiger partial charge in [0.1, 0.15) is 6.04 Å². The molecule has 4 nitrogen and oxygen atoms in total. The van der Waals surface area contributed by atoms with Crippen LogP contribution in [-0.2, 0) is 4.79 Å². The van der Waals surface area contributed by atoms with Crippen LogP contribution >= 0.6 is 0 Å². The van der Waals surface area contributed by atoms with Crippen molar-refractivity contribution < 1.29 is 9.90 Å². The summed E-state index contributed by atoms with van der Waals surface area (Å²) in [6.45, 7) is 6.79. The summed E-state index contributed by atoms with van der Waals surface area (Å²) in [5.41, 5.74) is 5.53. The van der Waals surface area contributed by atoms with Gasteiger partial charge in [-0.1, -0.05) is 6.92 Å². The fraction of sp³-hybridized carbons (Fsp3) is 0.889. The Morgan fingerprint density at radius 1 is 1.54 bits per heavy atom. The third-order valence-corrected chi connectivity index (χ3v) is 1.99. The van der Waals surface area contributed by atoms with E-state index in [9.17, 15) is 4.79 Å². The third kappa shape index (κ3) is 3.74. The van der Waals surface area contributed by atoms with Crippen LogP contribution < -0.4 is 5.73 Å². The molecular weight excluding hydrogens is 168 g/mol. The van der Waals surface area contributed by atoms with Crippen LogP contribution in [0.4, 0.5) is 0 Å². The lowest BCUT2D eigenvalue weighted by molar-refractivity contribution is -0.134. The topological polar surface area (TPSA) is 66.6 Å². The van der Waals surface area contributed by atoms with Crippen LogP contribution in [0.3, 0.4) is 0 Å². The highest BCUT2D eigenvalue weighted by molar-refractivity contribution is 5.82. The Kier molecular flexibility index (Phi) is 5.66. The Balaban J connectivity index is 4.19. The van der Waals surface area contributed by atoms with Crippen LogP contribution in [0, 0.1) is 0 Å². The molecule has 4 heteroatoms. The number of amides is 1. The molecule has 2 unspecified atom stereocenters. The average Bonchev–Trinajstić information content (AvgIpc) is 2.11. The number of nitrogens with zero attached hydrogens (tertiary/aromatic N) is 1. The number of carbonyl (C=O) groups excluding carboxylic acids is 1. The van der Waals surface area contributed by atoms with E-state index in [0.29, 0.717) is 13.1 Å². The van der Waals surface area contributed by atoms with Gasteiger partial charge in [0.25, 0.3) is 0 Å². The molecule has 0 spiro atoms. The zero-order chi connectivity index (χ0) is 10.4. The molecule has 13 heavy (non-hydrogen) atoms. The summed E-state index contributed by atoms with van der Waals surface area (Å²) in [7, 11) is 0. The number of carbonyl (C=O) groups is 1. The van der Waals surface area contributed by atoms with E-state index >= 15 is 0 Å². The standard InChI is InChI=1S/C9H20N2O2/c1-4-6-11(5-2)9(13)8(10)7(3)12/h7-8,12H,4-6,10H2,1-3H3. The molecule has 3 N–H and O–H groups in total. The SMILES string of the molecule is CCCN(CC)C(=O)C(N)C(C)O. The summed E-state index contributed by atoms with van der Waals surface area (Å²) in [5.74, 6) is -0.167. The van der Waals surface area contributed by atoms with Gasteiger partial charge in [0.05, 0.1) is 6.10 Å². The predicted octanol–water partition coefficient (Wildman–Crippen LogP) is -0.0470. The first-order valence-corrected chi connectivity index (χ1v) is 4.77. The summed E-state index contributed by atoms with van der Waals surface area (Å²) >= 11 is 0. The van der Waals surface area contributed by atoms with Gasteiger partial charge >= 0.3 is 0 Å². The summed E-state index contributed by atoms with van der Waals surface area (Å²) in [4.78, 5) is 13.2. The second-order valence-corrected chi connectivity index (χ2v) is 3.18. The smallest absolute Gasteiger partial charge is 0.242 e. The highest BCUT2D eigenvalue weighted by Crippen LogP contribution is 1.98. The van der Waals surface area contributed by atoms with E-state index < -0.39 is 12.1 Å². The fourth-order valence-corrected chi connectivity index (χ4v) is 1.11. The number of aliphatic hydroxyl groups excluding tert-OH is 1. The van der Waals surface area contributed by atoms with E-state index in [1.54, 1.807) is 4.90 Å². The van der Waals surface area contributed by atoms with Crippen molar-refractivity contribution in [3.63, 3.8) is 0 Å². The van der Waals surface area contributed by atoms with Crippen molar-refractivity contribution in [2.45, 2.75) is 39.3 Å². The molecule has 0 rings (SSSR count). The van der Waals surface area contributed by atoms with Crippen LogP contribution in [0.1, 0.15) is 27.2 Å². The van der Waals surface area contributed by atoms with Gasteiger partial charge in [-0.3, -0.25) is 4.79 Å². The van der Waals surface area contributed by atoms with Crippen LogP contribution in [0.5, 0.6) is 0 Å². The molecule has 2 atom stereocenters. The van der Waals surface area contributed by atoms with Gasteiger partial charge < -0.3 is 15.7 Å².